The highest BCUT2D eigenvalue weighted by Crippen LogP contribution is 2.27. The highest BCUT2D eigenvalue weighted by molar-refractivity contribution is 5.63. The molecule has 0 fully saturated rings. The molecular weight excluding hydrogens is 204 g/mol. The van der Waals surface area contributed by atoms with Crippen LogP contribution in [0.1, 0.15) is 63.0 Å². The Kier molecular flexibility index (Phi) is 4.85. The molecule has 0 saturated carbocycles. The first-order valence-corrected chi connectivity index (χ1v) is 7.17. The van der Waals surface area contributed by atoms with Crippen LogP contribution in [-0.4, -0.2) is 0 Å². The van der Waals surface area contributed by atoms with E-state index >= 15 is 0 Å². The molecule has 1 aromatic rings. The number of unbranched alkanes of at least 4 members (excludes halogenated alkanes) is 5. The SMILES string of the molecule is CCCCCCCCC1=Cc2ccccc2C1. The van der Waals surface area contributed by atoms with Gasteiger partial charge in [-0.25, -0.2) is 0 Å². The van der Waals surface area contributed by atoms with Crippen molar-refractivity contribution in [2.24, 2.45) is 0 Å². The van der Waals surface area contributed by atoms with Gasteiger partial charge >= 0.3 is 0 Å². The summed E-state index contributed by atoms with van der Waals surface area (Å²) in [5.74, 6) is 0. The maximum Gasteiger partial charge on any atom is -0.00578 e. The summed E-state index contributed by atoms with van der Waals surface area (Å²) in [6.45, 7) is 2.28. The van der Waals surface area contributed by atoms with E-state index in [2.05, 4.69) is 37.3 Å². The van der Waals surface area contributed by atoms with Crippen LogP contribution in [-0.2, 0) is 6.42 Å². The van der Waals surface area contributed by atoms with E-state index in [1.54, 1.807) is 5.57 Å². The molecule has 0 N–H and O–H groups in total. The van der Waals surface area contributed by atoms with E-state index in [4.69, 9.17) is 0 Å². The fourth-order valence-corrected chi connectivity index (χ4v) is 2.64. The van der Waals surface area contributed by atoms with E-state index in [0.29, 0.717) is 0 Å². The topological polar surface area (TPSA) is 0 Å². The Balaban J connectivity index is 1.66. The molecule has 0 heteroatoms. The first kappa shape index (κ1) is 12.4. The van der Waals surface area contributed by atoms with Gasteiger partial charge in [0, 0.05) is 0 Å². The molecule has 0 unspecified atom stereocenters. The molecule has 0 heterocycles. The third-order valence-corrected chi connectivity index (χ3v) is 3.68. The molecule has 92 valence electrons. The second kappa shape index (κ2) is 6.64. The maximum atomic E-state index is 2.40. The summed E-state index contributed by atoms with van der Waals surface area (Å²) in [6, 6.07) is 8.80. The Bertz CT molecular complexity index is 373. The number of allylic oxidation sites excluding steroid dienone is 1. The molecule has 0 amide bonds. The van der Waals surface area contributed by atoms with Gasteiger partial charge in [-0.15, -0.1) is 0 Å². The first-order valence-electron chi connectivity index (χ1n) is 7.17. The minimum atomic E-state index is 1.20. The fourth-order valence-electron chi connectivity index (χ4n) is 2.64. The summed E-state index contributed by atoms with van der Waals surface area (Å²) in [5.41, 5.74) is 4.61. The van der Waals surface area contributed by atoms with Crippen LogP contribution in [0.5, 0.6) is 0 Å². The van der Waals surface area contributed by atoms with Crippen molar-refractivity contribution in [1.82, 2.24) is 0 Å². The molecule has 1 aromatic carbocycles. The van der Waals surface area contributed by atoms with Gasteiger partial charge in [0.25, 0.3) is 0 Å². The third-order valence-electron chi connectivity index (χ3n) is 3.68. The molecule has 0 nitrogen and oxygen atoms in total. The average Bonchev–Trinajstić information content (AvgIpc) is 2.76. The second-order valence-corrected chi connectivity index (χ2v) is 5.20. The Morgan fingerprint density at radius 2 is 1.71 bits per heavy atom. The lowest BCUT2D eigenvalue weighted by Gasteiger charge is -2.02. The summed E-state index contributed by atoms with van der Waals surface area (Å²) in [4.78, 5) is 0. The van der Waals surface area contributed by atoms with E-state index in [0.717, 1.165) is 0 Å². The molecule has 0 bridgehead atoms. The van der Waals surface area contributed by atoms with Gasteiger partial charge in [-0.05, 0) is 30.4 Å². The van der Waals surface area contributed by atoms with Crippen LogP contribution in [0, 0.1) is 0 Å². The van der Waals surface area contributed by atoms with Gasteiger partial charge in [0.15, 0.2) is 0 Å². The second-order valence-electron chi connectivity index (χ2n) is 5.20. The zero-order valence-corrected chi connectivity index (χ0v) is 11.0. The summed E-state index contributed by atoms with van der Waals surface area (Å²) in [6.07, 6.45) is 13.3. The van der Waals surface area contributed by atoms with Gasteiger partial charge < -0.3 is 0 Å². The number of rotatable bonds is 7. The lowest BCUT2D eigenvalue weighted by molar-refractivity contribution is 0.605. The predicted octanol–water partition coefficient (Wildman–Crippen LogP) is 5.38. The minimum absolute atomic E-state index is 1.20. The number of fused-ring (bicyclic) bond motifs is 1. The highest BCUT2D eigenvalue weighted by atomic mass is 14.2. The van der Waals surface area contributed by atoms with Crippen LogP contribution in [0.4, 0.5) is 0 Å². The van der Waals surface area contributed by atoms with E-state index in [1.807, 2.05) is 0 Å². The van der Waals surface area contributed by atoms with Gasteiger partial charge in [-0.2, -0.15) is 0 Å². The van der Waals surface area contributed by atoms with E-state index in [9.17, 15) is 0 Å². The van der Waals surface area contributed by atoms with Crippen molar-refractivity contribution >= 4 is 6.08 Å². The fraction of sp³-hybridized carbons (Fsp3) is 0.529. The molecule has 0 spiro atoms. The molecule has 0 radical (unpaired) electrons. The van der Waals surface area contributed by atoms with Crippen LogP contribution in [0.25, 0.3) is 6.08 Å². The van der Waals surface area contributed by atoms with Crippen molar-refractivity contribution in [3.8, 4) is 0 Å². The van der Waals surface area contributed by atoms with Gasteiger partial charge in [0.05, 0.1) is 0 Å². The van der Waals surface area contributed by atoms with Crippen LogP contribution in [0.3, 0.4) is 0 Å². The highest BCUT2D eigenvalue weighted by Gasteiger charge is 2.10. The molecule has 1 aliphatic rings. The summed E-state index contributed by atoms with van der Waals surface area (Å²) in [5, 5.41) is 0. The van der Waals surface area contributed by atoms with Crippen molar-refractivity contribution in [3.05, 3.63) is 41.0 Å². The molecule has 2 rings (SSSR count). The Labute approximate surface area is 106 Å². The number of hydrogen-bond acceptors (Lipinski definition) is 0. The molecule has 1 aliphatic carbocycles. The number of hydrogen-bond donors (Lipinski definition) is 0. The Morgan fingerprint density at radius 3 is 2.53 bits per heavy atom. The molecule has 0 aromatic heterocycles. The summed E-state index contributed by atoms with van der Waals surface area (Å²) < 4.78 is 0. The summed E-state index contributed by atoms with van der Waals surface area (Å²) >= 11 is 0. The standard InChI is InChI=1S/C17H24/c1-2-3-4-5-6-7-10-15-13-16-11-8-9-12-17(16)14-15/h8-9,11-13H,2-7,10,14H2,1H3. The molecule has 0 atom stereocenters. The first-order chi connectivity index (χ1) is 8.40. The zero-order valence-electron chi connectivity index (χ0n) is 11.0. The van der Waals surface area contributed by atoms with Crippen LogP contribution < -0.4 is 0 Å². The van der Waals surface area contributed by atoms with Crippen LogP contribution in [0.2, 0.25) is 0 Å². The number of benzene rings is 1. The predicted molar refractivity (Wildman–Crippen MR) is 76.1 cm³/mol. The lowest BCUT2D eigenvalue weighted by Crippen LogP contribution is -1.86. The third kappa shape index (κ3) is 3.73. The lowest BCUT2D eigenvalue weighted by atomic mass is 10.0. The Morgan fingerprint density at radius 1 is 0.941 bits per heavy atom. The Hall–Kier alpha value is -1.04. The van der Waals surface area contributed by atoms with Crippen LogP contribution in [0.15, 0.2) is 29.8 Å². The largest absolute Gasteiger partial charge is 0.0654 e. The van der Waals surface area contributed by atoms with Crippen molar-refractivity contribution in [3.63, 3.8) is 0 Å². The van der Waals surface area contributed by atoms with Crippen molar-refractivity contribution < 1.29 is 0 Å². The molecule has 0 saturated heterocycles. The smallest absolute Gasteiger partial charge is 0.00578 e. The quantitative estimate of drug-likeness (QED) is 0.550. The maximum absolute atomic E-state index is 2.40. The van der Waals surface area contributed by atoms with E-state index in [-0.39, 0.29) is 0 Å². The molecule has 17 heavy (non-hydrogen) atoms. The van der Waals surface area contributed by atoms with Gasteiger partial charge in [0.1, 0.15) is 0 Å². The minimum Gasteiger partial charge on any atom is -0.0654 e. The van der Waals surface area contributed by atoms with Gasteiger partial charge in [-0.3, -0.25) is 0 Å². The molecule has 0 aliphatic heterocycles. The zero-order chi connectivity index (χ0) is 11.9. The summed E-state index contributed by atoms with van der Waals surface area (Å²) in [7, 11) is 0. The van der Waals surface area contributed by atoms with E-state index in [1.165, 1.54) is 62.5 Å². The average molecular weight is 228 g/mol. The monoisotopic (exact) mass is 228 g/mol. The van der Waals surface area contributed by atoms with Crippen molar-refractivity contribution in [2.75, 3.05) is 0 Å². The molecular formula is C17H24. The van der Waals surface area contributed by atoms with Crippen molar-refractivity contribution in [2.45, 2.75) is 58.3 Å². The normalized spacial score (nSPS) is 13.6. The van der Waals surface area contributed by atoms with E-state index < -0.39 is 0 Å². The van der Waals surface area contributed by atoms with Crippen molar-refractivity contribution in [1.29, 1.82) is 0 Å². The van der Waals surface area contributed by atoms with Gasteiger partial charge in [-0.1, -0.05) is 74.9 Å². The van der Waals surface area contributed by atoms with Crippen LogP contribution >= 0.6 is 0 Å². The van der Waals surface area contributed by atoms with Gasteiger partial charge in [0.2, 0.25) is 0 Å².